The molecule has 0 aromatic rings. The molecule has 0 aliphatic carbocycles. The number of phosphoric ester groups is 2. The highest BCUT2D eigenvalue weighted by Crippen LogP contribution is 2.45. The minimum Gasteiger partial charge on any atom is -0.462 e. The second-order valence-electron chi connectivity index (χ2n) is 32.0. The first-order valence-electron chi connectivity index (χ1n) is 46.3. The van der Waals surface area contributed by atoms with E-state index < -0.39 is 97.5 Å². The Bertz CT molecular complexity index is 2030. The molecular formula is C89H174O17P2. The molecule has 642 valence electrons. The molecule has 0 radical (unpaired) electrons. The molecule has 0 aliphatic heterocycles. The fraction of sp³-hybridized carbons (Fsp3) is 0.955. The molecular weight excluding hydrogens is 1400 g/mol. The molecule has 3 N–H and O–H groups in total. The van der Waals surface area contributed by atoms with Crippen molar-refractivity contribution in [3.05, 3.63) is 0 Å². The van der Waals surface area contributed by atoms with E-state index in [0.29, 0.717) is 25.7 Å². The fourth-order valence-electron chi connectivity index (χ4n) is 14.1. The molecule has 0 heterocycles. The van der Waals surface area contributed by atoms with Crippen molar-refractivity contribution in [2.24, 2.45) is 0 Å². The van der Waals surface area contributed by atoms with Crippen LogP contribution in [0, 0.1) is 0 Å². The van der Waals surface area contributed by atoms with Gasteiger partial charge in [0.05, 0.1) is 26.4 Å². The predicted octanol–water partition coefficient (Wildman–Crippen LogP) is 27.7. The van der Waals surface area contributed by atoms with E-state index in [9.17, 15) is 43.2 Å². The number of phosphoric acid groups is 2. The number of unbranched alkanes of at least 4 members (excludes halogenated alkanes) is 64. The van der Waals surface area contributed by atoms with Crippen LogP contribution in [0.1, 0.15) is 490 Å². The molecule has 0 aromatic heterocycles. The Morgan fingerprint density at radius 3 is 0.546 bits per heavy atom. The van der Waals surface area contributed by atoms with Crippen molar-refractivity contribution in [1.29, 1.82) is 0 Å². The molecule has 0 fully saturated rings. The zero-order valence-corrected chi connectivity index (χ0v) is 72.6. The van der Waals surface area contributed by atoms with Crippen LogP contribution in [0.4, 0.5) is 0 Å². The fourth-order valence-corrected chi connectivity index (χ4v) is 15.6. The highest BCUT2D eigenvalue weighted by molar-refractivity contribution is 7.47. The summed E-state index contributed by atoms with van der Waals surface area (Å²) in [5, 5.41) is 10.7. The molecule has 0 rings (SSSR count). The van der Waals surface area contributed by atoms with Crippen LogP contribution in [0.25, 0.3) is 0 Å². The van der Waals surface area contributed by atoms with E-state index in [-0.39, 0.29) is 25.7 Å². The van der Waals surface area contributed by atoms with Crippen LogP contribution in [0.5, 0.6) is 0 Å². The van der Waals surface area contributed by atoms with Crippen molar-refractivity contribution in [2.75, 3.05) is 39.6 Å². The van der Waals surface area contributed by atoms with Gasteiger partial charge in [-0.25, -0.2) is 9.13 Å². The maximum absolute atomic E-state index is 13.2. The number of esters is 4. The van der Waals surface area contributed by atoms with Crippen LogP contribution in [-0.2, 0) is 65.4 Å². The molecule has 0 spiro atoms. The Hall–Kier alpha value is -1.94. The molecule has 108 heavy (non-hydrogen) atoms. The zero-order chi connectivity index (χ0) is 78.9. The Morgan fingerprint density at radius 2 is 0.370 bits per heavy atom. The molecule has 0 amide bonds. The Kier molecular flexibility index (Phi) is 81.5. The first-order valence-corrected chi connectivity index (χ1v) is 49.3. The molecule has 0 aromatic carbocycles. The van der Waals surface area contributed by atoms with Crippen molar-refractivity contribution in [3.8, 4) is 0 Å². The summed E-state index contributed by atoms with van der Waals surface area (Å²) in [6.07, 6.45) is 79.2. The lowest BCUT2D eigenvalue weighted by Crippen LogP contribution is -2.30. The molecule has 0 saturated carbocycles. The van der Waals surface area contributed by atoms with Gasteiger partial charge < -0.3 is 33.8 Å². The summed E-state index contributed by atoms with van der Waals surface area (Å²) in [7, 11) is -9.93. The quantitative estimate of drug-likeness (QED) is 0.0222. The van der Waals surface area contributed by atoms with Crippen LogP contribution in [0.3, 0.4) is 0 Å². The lowest BCUT2D eigenvalue weighted by Gasteiger charge is -2.21. The van der Waals surface area contributed by atoms with Crippen molar-refractivity contribution < 1.29 is 80.2 Å². The third kappa shape index (κ3) is 82.1. The van der Waals surface area contributed by atoms with Gasteiger partial charge in [-0.05, 0) is 25.7 Å². The van der Waals surface area contributed by atoms with Gasteiger partial charge in [-0.15, -0.1) is 0 Å². The van der Waals surface area contributed by atoms with Gasteiger partial charge in [0.1, 0.15) is 19.3 Å². The van der Waals surface area contributed by atoms with Crippen LogP contribution >= 0.6 is 15.6 Å². The van der Waals surface area contributed by atoms with E-state index in [1.165, 1.54) is 321 Å². The van der Waals surface area contributed by atoms with Crippen molar-refractivity contribution >= 4 is 39.5 Å². The summed E-state index contributed by atoms with van der Waals surface area (Å²) >= 11 is 0. The third-order valence-corrected chi connectivity index (χ3v) is 23.0. The number of aliphatic hydroxyl groups is 1. The summed E-state index contributed by atoms with van der Waals surface area (Å²) in [5.41, 5.74) is 0. The predicted molar refractivity (Wildman–Crippen MR) is 446 cm³/mol. The topological polar surface area (TPSA) is 237 Å². The summed E-state index contributed by atoms with van der Waals surface area (Å²) in [4.78, 5) is 73.3. The Morgan fingerprint density at radius 1 is 0.222 bits per heavy atom. The SMILES string of the molecule is CCCCCCCCCCCCCCCCCCCCCCCCC(=O)O[C@H](COC(=O)CCCCCCCCCCCCCCCCCCCCC)COP(=O)(O)OC[C@@H](O)COP(=O)(O)OC[C@@H](COC(=O)CCCCCCCCCCCCC)OC(=O)CCCCCCCCCCCCCCCCCC. The molecule has 0 saturated heterocycles. The molecule has 0 bridgehead atoms. The summed E-state index contributed by atoms with van der Waals surface area (Å²) in [6.45, 7) is 5.07. The van der Waals surface area contributed by atoms with Gasteiger partial charge >= 0.3 is 39.5 Å². The van der Waals surface area contributed by atoms with Crippen LogP contribution in [0.2, 0.25) is 0 Å². The van der Waals surface area contributed by atoms with Gasteiger partial charge in [-0.1, -0.05) is 439 Å². The van der Waals surface area contributed by atoms with Gasteiger partial charge in [0.25, 0.3) is 0 Å². The normalized spacial score (nSPS) is 13.7. The van der Waals surface area contributed by atoms with E-state index in [2.05, 4.69) is 27.7 Å². The Balaban J connectivity index is 5.22. The first-order chi connectivity index (χ1) is 52.7. The van der Waals surface area contributed by atoms with Crippen molar-refractivity contribution in [3.63, 3.8) is 0 Å². The van der Waals surface area contributed by atoms with Gasteiger partial charge in [-0.3, -0.25) is 37.3 Å². The number of carbonyl (C=O) groups excluding carboxylic acids is 4. The maximum atomic E-state index is 13.2. The second-order valence-corrected chi connectivity index (χ2v) is 34.9. The highest BCUT2D eigenvalue weighted by atomic mass is 31.2. The van der Waals surface area contributed by atoms with Gasteiger partial charge in [0.2, 0.25) is 0 Å². The number of hydrogen-bond donors (Lipinski definition) is 3. The van der Waals surface area contributed by atoms with Crippen LogP contribution < -0.4 is 0 Å². The monoisotopic (exact) mass is 1580 g/mol. The highest BCUT2D eigenvalue weighted by Gasteiger charge is 2.30. The van der Waals surface area contributed by atoms with E-state index >= 15 is 0 Å². The first kappa shape index (κ1) is 106. The number of rotatable bonds is 90. The molecule has 19 heteroatoms. The van der Waals surface area contributed by atoms with Crippen LogP contribution in [-0.4, -0.2) is 96.7 Å². The summed E-state index contributed by atoms with van der Waals surface area (Å²) < 4.78 is 69.0. The summed E-state index contributed by atoms with van der Waals surface area (Å²) in [6, 6.07) is 0. The zero-order valence-electron chi connectivity index (χ0n) is 70.8. The minimum atomic E-state index is -4.97. The minimum absolute atomic E-state index is 0.109. The largest absolute Gasteiger partial charge is 0.472 e. The number of hydrogen-bond acceptors (Lipinski definition) is 15. The number of aliphatic hydroxyl groups excluding tert-OH is 1. The molecule has 17 nitrogen and oxygen atoms in total. The average Bonchev–Trinajstić information content (AvgIpc) is 0.920. The maximum Gasteiger partial charge on any atom is 0.472 e. The standard InChI is InChI=1S/C89H174O17P2/c1-5-9-13-17-21-25-29-32-35-38-40-41-42-44-46-49-52-56-60-64-68-72-76-89(94)106-85(80-100-87(92)74-70-66-62-58-54-50-48-45-43-39-36-33-30-26-22-18-14-10-6-2)82-104-108(97,98)102-78-83(90)77-101-107(95,96)103-81-84(79-99-86(91)73-69-65-61-57-53-28-24-20-16-12-8-4)105-88(93)75-71-67-63-59-55-51-47-37-34-31-27-23-19-15-11-7-3/h83-85,90H,5-82H2,1-4H3,(H,95,96)(H,97,98)/t83-,84+,85+/m0/s1. The Labute approximate surface area is 664 Å². The molecule has 0 aliphatic rings. The van der Waals surface area contributed by atoms with Crippen LogP contribution in [0.15, 0.2) is 0 Å². The lowest BCUT2D eigenvalue weighted by molar-refractivity contribution is -0.161. The van der Waals surface area contributed by atoms with Gasteiger partial charge in [0, 0.05) is 25.7 Å². The molecule has 5 atom stereocenters. The second kappa shape index (κ2) is 83.0. The third-order valence-electron chi connectivity index (χ3n) is 21.1. The lowest BCUT2D eigenvalue weighted by atomic mass is 10.0. The molecule has 2 unspecified atom stereocenters. The van der Waals surface area contributed by atoms with Gasteiger partial charge in [0.15, 0.2) is 12.2 Å². The smallest absolute Gasteiger partial charge is 0.462 e. The average molecular weight is 1580 g/mol. The van der Waals surface area contributed by atoms with Crippen molar-refractivity contribution in [1.82, 2.24) is 0 Å². The van der Waals surface area contributed by atoms with E-state index in [4.69, 9.17) is 37.0 Å². The van der Waals surface area contributed by atoms with E-state index in [1.54, 1.807) is 0 Å². The van der Waals surface area contributed by atoms with Crippen molar-refractivity contribution in [2.45, 2.75) is 508 Å². The number of ether oxygens (including phenoxy) is 4. The van der Waals surface area contributed by atoms with E-state index in [1.807, 2.05) is 0 Å². The van der Waals surface area contributed by atoms with Gasteiger partial charge in [-0.2, -0.15) is 0 Å². The van der Waals surface area contributed by atoms with E-state index in [0.717, 1.165) is 89.9 Å². The summed E-state index contributed by atoms with van der Waals surface area (Å²) in [5.74, 6) is -2.09. The number of carbonyl (C=O) groups is 4.